The van der Waals surface area contributed by atoms with Gasteiger partial charge in [-0.2, -0.15) is 0 Å². The molecule has 0 radical (unpaired) electrons. The van der Waals surface area contributed by atoms with Crippen LogP contribution in [-0.2, 0) is 11.3 Å². The number of carbonyl (C=O) groups excluding carboxylic acids is 2. The van der Waals surface area contributed by atoms with Crippen molar-refractivity contribution in [1.29, 1.82) is 0 Å². The third kappa shape index (κ3) is 6.47. The average molecular weight is 307 g/mol. The molecule has 0 spiro atoms. The molecule has 0 heterocycles. The standard InChI is InChI=1S/C16H25N3O3/c1-11(20)19-13-6-7-14(22-5)12(8-13)9-17-15(21)18-10-16(2,3)4/h6-8H,9-10H2,1-5H3,(H,19,20)(H2,17,18,21). The number of nitrogens with one attached hydrogen (secondary N) is 3. The van der Waals surface area contributed by atoms with E-state index in [4.69, 9.17) is 4.74 Å². The first-order chi connectivity index (χ1) is 10.2. The Morgan fingerprint density at radius 1 is 1.18 bits per heavy atom. The van der Waals surface area contributed by atoms with Crippen LogP contribution < -0.4 is 20.7 Å². The van der Waals surface area contributed by atoms with Gasteiger partial charge < -0.3 is 20.7 Å². The predicted octanol–water partition coefficient (Wildman–Crippen LogP) is 2.50. The Balaban J connectivity index is 2.66. The van der Waals surface area contributed by atoms with Crippen molar-refractivity contribution in [3.63, 3.8) is 0 Å². The summed E-state index contributed by atoms with van der Waals surface area (Å²) in [5.41, 5.74) is 1.49. The number of hydrogen-bond acceptors (Lipinski definition) is 3. The highest BCUT2D eigenvalue weighted by Gasteiger charge is 2.12. The summed E-state index contributed by atoms with van der Waals surface area (Å²) in [6.45, 7) is 8.49. The van der Waals surface area contributed by atoms with E-state index in [0.717, 1.165) is 5.56 Å². The van der Waals surface area contributed by atoms with E-state index in [2.05, 4.69) is 16.0 Å². The maximum Gasteiger partial charge on any atom is 0.315 e. The lowest BCUT2D eigenvalue weighted by Gasteiger charge is -2.19. The van der Waals surface area contributed by atoms with E-state index in [1.165, 1.54) is 6.92 Å². The molecule has 0 unspecified atom stereocenters. The van der Waals surface area contributed by atoms with Crippen LogP contribution in [0, 0.1) is 5.41 Å². The van der Waals surface area contributed by atoms with Gasteiger partial charge in [-0.3, -0.25) is 4.79 Å². The Kier molecular flexibility index (Phi) is 6.22. The van der Waals surface area contributed by atoms with Gasteiger partial charge in [-0.05, 0) is 23.6 Å². The van der Waals surface area contributed by atoms with Gasteiger partial charge in [0.25, 0.3) is 0 Å². The fourth-order valence-corrected chi connectivity index (χ4v) is 1.78. The number of carbonyl (C=O) groups is 2. The van der Waals surface area contributed by atoms with Crippen molar-refractivity contribution in [2.24, 2.45) is 5.41 Å². The zero-order valence-electron chi connectivity index (χ0n) is 13.9. The zero-order chi connectivity index (χ0) is 16.8. The summed E-state index contributed by atoms with van der Waals surface area (Å²) < 4.78 is 5.27. The molecule has 6 nitrogen and oxygen atoms in total. The van der Waals surface area contributed by atoms with E-state index in [9.17, 15) is 9.59 Å². The Morgan fingerprint density at radius 3 is 2.41 bits per heavy atom. The third-order valence-corrected chi connectivity index (χ3v) is 2.82. The van der Waals surface area contributed by atoms with Gasteiger partial charge in [-0.25, -0.2) is 4.79 Å². The minimum Gasteiger partial charge on any atom is -0.496 e. The highest BCUT2D eigenvalue weighted by Crippen LogP contribution is 2.22. The number of amides is 3. The maximum atomic E-state index is 11.8. The van der Waals surface area contributed by atoms with Crippen molar-refractivity contribution in [2.45, 2.75) is 34.2 Å². The van der Waals surface area contributed by atoms with Crippen LogP contribution >= 0.6 is 0 Å². The van der Waals surface area contributed by atoms with Gasteiger partial charge in [0.15, 0.2) is 0 Å². The molecule has 1 rings (SSSR count). The van der Waals surface area contributed by atoms with E-state index >= 15 is 0 Å². The van der Waals surface area contributed by atoms with E-state index in [1.807, 2.05) is 20.8 Å². The molecule has 6 heteroatoms. The largest absolute Gasteiger partial charge is 0.496 e. The fourth-order valence-electron chi connectivity index (χ4n) is 1.78. The quantitative estimate of drug-likeness (QED) is 0.782. The molecule has 3 amide bonds. The zero-order valence-corrected chi connectivity index (χ0v) is 13.9. The van der Waals surface area contributed by atoms with E-state index in [0.29, 0.717) is 24.5 Å². The normalized spacial score (nSPS) is 10.8. The predicted molar refractivity (Wildman–Crippen MR) is 87.0 cm³/mol. The van der Waals surface area contributed by atoms with Crippen LogP contribution in [0.25, 0.3) is 0 Å². The van der Waals surface area contributed by atoms with Gasteiger partial charge in [-0.1, -0.05) is 20.8 Å². The van der Waals surface area contributed by atoms with Crippen LogP contribution in [0.2, 0.25) is 0 Å². The second-order valence-electron chi connectivity index (χ2n) is 6.30. The van der Waals surface area contributed by atoms with Gasteiger partial charge in [0, 0.05) is 31.3 Å². The van der Waals surface area contributed by atoms with Crippen LogP contribution in [-0.4, -0.2) is 25.6 Å². The lowest BCUT2D eigenvalue weighted by Crippen LogP contribution is -2.39. The monoisotopic (exact) mass is 307 g/mol. The molecular formula is C16H25N3O3. The summed E-state index contributed by atoms with van der Waals surface area (Å²) in [5, 5.41) is 8.31. The molecule has 122 valence electrons. The van der Waals surface area contributed by atoms with Gasteiger partial charge in [-0.15, -0.1) is 0 Å². The highest BCUT2D eigenvalue weighted by atomic mass is 16.5. The number of methoxy groups -OCH3 is 1. The lowest BCUT2D eigenvalue weighted by molar-refractivity contribution is -0.114. The van der Waals surface area contributed by atoms with Gasteiger partial charge >= 0.3 is 6.03 Å². The second-order valence-corrected chi connectivity index (χ2v) is 6.30. The molecule has 1 aromatic rings. The van der Waals surface area contributed by atoms with E-state index in [-0.39, 0.29) is 17.4 Å². The number of rotatable bonds is 5. The highest BCUT2D eigenvalue weighted by molar-refractivity contribution is 5.88. The molecule has 0 atom stereocenters. The summed E-state index contributed by atoms with van der Waals surface area (Å²) in [6.07, 6.45) is 0. The summed E-state index contributed by atoms with van der Waals surface area (Å²) >= 11 is 0. The van der Waals surface area contributed by atoms with Crippen molar-refractivity contribution < 1.29 is 14.3 Å². The van der Waals surface area contributed by atoms with Crippen molar-refractivity contribution in [3.05, 3.63) is 23.8 Å². The Bertz CT molecular complexity index is 536. The molecule has 1 aromatic carbocycles. The molecule has 0 saturated heterocycles. The third-order valence-electron chi connectivity index (χ3n) is 2.82. The molecular weight excluding hydrogens is 282 g/mol. The molecule has 3 N–H and O–H groups in total. The second kappa shape index (κ2) is 7.68. The van der Waals surface area contributed by atoms with Gasteiger partial charge in [0.2, 0.25) is 5.91 Å². The number of ether oxygens (including phenoxy) is 1. The molecule has 0 aliphatic heterocycles. The molecule has 0 aliphatic rings. The van der Waals surface area contributed by atoms with Crippen molar-refractivity contribution in [2.75, 3.05) is 19.0 Å². The smallest absolute Gasteiger partial charge is 0.315 e. The van der Waals surface area contributed by atoms with Crippen molar-refractivity contribution >= 4 is 17.6 Å². The molecule has 22 heavy (non-hydrogen) atoms. The van der Waals surface area contributed by atoms with Crippen molar-refractivity contribution in [3.8, 4) is 5.75 Å². The number of benzene rings is 1. The Hall–Kier alpha value is -2.24. The average Bonchev–Trinajstić information content (AvgIpc) is 2.41. The molecule has 0 aromatic heterocycles. The topological polar surface area (TPSA) is 79.5 Å². The number of anilines is 1. The van der Waals surface area contributed by atoms with Gasteiger partial charge in [0.05, 0.1) is 7.11 Å². The SMILES string of the molecule is COc1ccc(NC(C)=O)cc1CNC(=O)NCC(C)(C)C. The van der Waals surface area contributed by atoms with Crippen LogP contribution in [0.5, 0.6) is 5.75 Å². The molecule has 0 fully saturated rings. The first-order valence-corrected chi connectivity index (χ1v) is 7.17. The maximum absolute atomic E-state index is 11.8. The fraction of sp³-hybridized carbons (Fsp3) is 0.500. The summed E-state index contributed by atoms with van der Waals surface area (Å²) in [4.78, 5) is 22.9. The summed E-state index contributed by atoms with van der Waals surface area (Å²) in [5.74, 6) is 0.511. The summed E-state index contributed by atoms with van der Waals surface area (Å²) in [6, 6.07) is 5.06. The number of urea groups is 1. The lowest BCUT2D eigenvalue weighted by atomic mass is 9.97. The van der Waals surface area contributed by atoms with Gasteiger partial charge in [0.1, 0.15) is 5.75 Å². The van der Waals surface area contributed by atoms with E-state index < -0.39 is 0 Å². The van der Waals surface area contributed by atoms with Crippen LogP contribution in [0.15, 0.2) is 18.2 Å². The minimum atomic E-state index is -0.234. The van der Waals surface area contributed by atoms with Crippen LogP contribution in [0.3, 0.4) is 0 Å². The molecule has 0 saturated carbocycles. The first kappa shape index (κ1) is 17.8. The molecule has 0 bridgehead atoms. The Labute approximate surface area is 131 Å². The van der Waals surface area contributed by atoms with Crippen molar-refractivity contribution in [1.82, 2.24) is 10.6 Å². The first-order valence-electron chi connectivity index (χ1n) is 7.17. The van der Waals surface area contributed by atoms with Crippen LogP contribution in [0.1, 0.15) is 33.3 Å². The van der Waals surface area contributed by atoms with Crippen LogP contribution in [0.4, 0.5) is 10.5 Å². The minimum absolute atomic E-state index is 0.0281. The Morgan fingerprint density at radius 2 is 1.86 bits per heavy atom. The summed E-state index contributed by atoms with van der Waals surface area (Å²) in [7, 11) is 1.57. The van der Waals surface area contributed by atoms with E-state index in [1.54, 1.807) is 25.3 Å². The number of hydrogen-bond donors (Lipinski definition) is 3. The molecule has 0 aliphatic carbocycles.